The lowest BCUT2D eigenvalue weighted by molar-refractivity contribution is -0.232. The quantitative estimate of drug-likeness (QED) is 0.675. The molecule has 4 aliphatic carbocycles. The number of carbonyl (C=O) groups is 1. The summed E-state index contributed by atoms with van der Waals surface area (Å²) in [6.45, 7) is 4.58. The van der Waals surface area contributed by atoms with Gasteiger partial charge in [0.15, 0.2) is 5.78 Å². The summed E-state index contributed by atoms with van der Waals surface area (Å²) < 4.78 is 0. The molecule has 4 aliphatic rings. The van der Waals surface area contributed by atoms with Crippen molar-refractivity contribution < 1.29 is 15.0 Å². The third kappa shape index (κ3) is 1.78. The Morgan fingerprint density at radius 1 is 1.00 bits per heavy atom. The maximum absolute atomic E-state index is 12.2. The summed E-state index contributed by atoms with van der Waals surface area (Å²) in [5.41, 5.74) is 0.170. The number of fused-ring (bicyclic) bond motifs is 5. The van der Waals surface area contributed by atoms with E-state index in [1.165, 1.54) is 38.5 Å². The van der Waals surface area contributed by atoms with E-state index in [0.29, 0.717) is 23.7 Å². The van der Waals surface area contributed by atoms with Gasteiger partial charge in [0.2, 0.25) is 5.79 Å². The van der Waals surface area contributed by atoms with Crippen LogP contribution >= 0.6 is 0 Å². The molecule has 3 heteroatoms. The predicted molar refractivity (Wildman–Crippen MR) is 83.9 cm³/mol. The fraction of sp³-hybridized carbons (Fsp3) is 0.947. The monoisotopic (exact) mass is 306 g/mol. The van der Waals surface area contributed by atoms with E-state index in [9.17, 15) is 15.0 Å². The minimum Gasteiger partial charge on any atom is -0.359 e. The molecule has 0 amide bonds. The van der Waals surface area contributed by atoms with Crippen molar-refractivity contribution in [2.45, 2.75) is 77.4 Å². The number of hydrogen-bond donors (Lipinski definition) is 2. The molecule has 3 nitrogen and oxygen atoms in total. The average Bonchev–Trinajstić information content (AvgIpc) is 2.63. The van der Waals surface area contributed by atoms with Gasteiger partial charge in [0.1, 0.15) is 0 Å². The standard InChI is InChI=1S/C19H30O3/c1-17-10-8-14-13(16(17)19(21,22)15(20)11-17)7-6-12-5-3-4-9-18(12,14)2/h12-14,16,21-22H,3-11H2,1-2H3/t12-,13-,14+,16+,17-,18+/m1/s1. The molecule has 0 unspecified atom stereocenters. The number of ketones is 1. The van der Waals surface area contributed by atoms with Gasteiger partial charge in [-0.1, -0.05) is 26.7 Å². The molecule has 0 heterocycles. The first-order chi connectivity index (χ1) is 10.3. The van der Waals surface area contributed by atoms with E-state index in [1.807, 2.05) is 0 Å². The van der Waals surface area contributed by atoms with Gasteiger partial charge in [-0.2, -0.15) is 0 Å². The zero-order chi connectivity index (χ0) is 15.8. The van der Waals surface area contributed by atoms with E-state index in [2.05, 4.69) is 13.8 Å². The summed E-state index contributed by atoms with van der Waals surface area (Å²) in [5.74, 6) is -0.942. The Bertz CT molecular complexity index is 499. The fourth-order valence-electron chi connectivity index (χ4n) is 7.23. The molecule has 0 aromatic carbocycles. The van der Waals surface area contributed by atoms with Crippen molar-refractivity contribution in [3.63, 3.8) is 0 Å². The zero-order valence-electron chi connectivity index (χ0n) is 14.0. The van der Waals surface area contributed by atoms with E-state index >= 15 is 0 Å². The van der Waals surface area contributed by atoms with E-state index in [1.54, 1.807) is 0 Å². The van der Waals surface area contributed by atoms with Crippen LogP contribution < -0.4 is 0 Å². The lowest BCUT2D eigenvalue weighted by atomic mass is 9.45. The third-order valence-corrected chi connectivity index (χ3v) is 8.28. The molecular weight excluding hydrogens is 276 g/mol. The van der Waals surface area contributed by atoms with Crippen molar-refractivity contribution in [2.24, 2.45) is 34.5 Å². The normalized spacial score (nSPS) is 53.5. The Morgan fingerprint density at radius 3 is 2.55 bits per heavy atom. The molecule has 6 atom stereocenters. The zero-order valence-corrected chi connectivity index (χ0v) is 14.0. The molecule has 2 N–H and O–H groups in total. The highest BCUT2D eigenvalue weighted by Crippen LogP contribution is 2.67. The molecule has 0 saturated heterocycles. The second-order valence-corrected chi connectivity index (χ2v) is 9.29. The van der Waals surface area contributed by atoms with Gasteiger partial charge in [-0.15, -0.1) is 0 Å². The van der Waals surface area contributed by atoms with E-state index in [-0.39, 0.29) is 17.1 Å². The summed E-state index contributed by atoms with van der Waals surface area (Å²) in [4.78, 5) is 12.2. The van der Waals surface area contributed by atoms with E-state index in [0.717, 1.165) is 18.8 Å². The minimum atomic E-state index is -2.07. The van der Waals surface area contributed by atoms with Crippen LogP contribution in [0.3, 0.4) is 0 Å². The van der Waals surface area contributed by atoms with Gasteiger partial charge in [0.25, 0.3) is 0 Å². The third-order valence-electron chi connectivity index (χ3n) is 8.28. The van der Waals surface area contributed by atoms with Crippen LogP contribution in [0.1, 0.15) is 71.6 Å². The largest absolute Gasteiger partial charge is 0.359 e. The van der Waals surface area contributed by atoms with Crippen LogP contribution in [0.5, 0.6) is 0 Å². The molecule has 4 saturated carbocycles. The average molecular weight is 306 g/mol. The van der Waals surface area contributed by atoms with Crippen molar-refractivity contribution in [1.82, 2.24) is 0 Å². The van der Waals surface area contributed by atoms with Crippen LogP contribution in [0, 0.1) is 34.5 Å². The van der Waals surface area contributed by atoms with Crippen molar-refractivity contribution in [3.8, 4) is 0 Å². The van der Waals surface area contributed by atoms with Gasteiger partial charge < -0.3 is 10.2 Å². The van der Waals surface area contributed by atoms with Crippen molar-refractivity contribution in [1.29, 1.82) is 0 Å². The molecule has 0 aliphatic heterocycles. The molecule has 0 aromatic rings. The number of Topliss-reactive ketones (excluding diaryl/α,β-unsaturated/α-hetero) is 1. The Morgan fingerprint density at radius 2 is 1.77 bits per heavy atom. The Balaban J connectivity index is 1.72. The number of carbonyl (C=O) groups excluding carboxylic acids is 1. The molecule has 0 radical (unpaired) electrons. The van der Waals surface area contributed by atoms with Crippen LogP contribution in [0.15, 0.2) is 0 Å². The first-order valence-corrected chi connectivity index (χ1v) is 9.27. The number of hydrogen-bond acceptors (Lipinski definition) is 3. The van der Waals surface area contributed by atoms with Gasteiger partial charge in [0, 0.05) is 12.3 Å². The Hall–Kier alpha value is -0.410. The molecule has 0 bridgehead atoms. The first kappa shape index (κ1) is 15.1. The second-order valence-electron chi connectivity index (χ2n) is 9.29. The topological polar surface area (TPSA) is 57.5 Å². The molecule has 124 valence electrons. The highest BCUT2D eigenvalue weighted by Gasteiger charge is 2.67. The molecule has 4 fully saturated rings. The van der Waals surface area contributed by atoms with Crippen molar-refractivity contribution >= 4 is 5.78 Å². The molecule has 0 aromatic heterocycles. The highest BCUT2D eigenvalue weighted by atomic mass is 16.5. The summed E-state index contributed by atoms with van der Waals surface area (Å²) in [7, 11) is 0. The molecule has 0 spiro atoms. The SMILES string of the molecule is C[C@]12CC[C@H]3[C@@H](CC[C@H]4CCCC[C@@]43C)[C@@H]1C(O)(O)C(=O)C2. The van der Waals surface area contributed by atoms with Crippen molar-refractivity contribution in [2.75, 3.05) is 0 Å². The van der Waals surface area contributed by atoms with Gasteiger partial charge in [0.05, 0.1) is 0 Å². The Kier molecular flexibility index (Phi) is 3.14. The summed E-state index contributed by atoms with van der Waals surface area (Å²) >= 11 is 0. The molecule has 4 rings (SSSR count). The van der Waals surface area contributed by atoms with Gasteiger partial charge in [-0.25, -0.2) is 0 Å². The van der Waals surface area contributed by atoms with Crippen LogP contribution in [0.4, 0.5) is 0 Å². The highest BCUT2D eigenvalue weighted by molar-refractivity contribution is 5.89. The molecular formula is C19H30O3. The summed E-state index contributed by atoms with van der Waals surface area (Å²) in [5, 5.41) is 21.1. The fourth-order valence-corrected chi connectivity index (χ4v) is 7.23. The lowest BCUT2D eigenvalue weighted by Crippen LogP contribution is -2.57. The minimum absolute atomic E-state index is 0.195. The maximum Gasteiger partial charge on any atom is 0.227 e. The van der Waals surface area contributed by atoms with E-state index < -0.39 is 5.79 Å². The second kappa shape index (κ2) is 4.57. The van der Waals surface area contributed by atoms with E-state index in [4.69, 9.17) is 0 Å². The van der Waals surface area contributed by atoms with Crippen LogP contribution in [0.2, 0.25) is 0 Å². The van der Waals surface area contributed by atoms with Crippen LogP contribution in [-0.2, 0) is 4.79 Å². The lowest BCUT2D eigenvalue weighted by Gasteiger charge is -2.60. The van der Waals surface area contributed by atoms with Crippen LogP contribution in [0.25, 0.3) is 0 Å². The summed E-state index contributed by atoms with van der Waals surface area (Å²) in [6.07, 6.45) is 10.1. The first-order valence-electron chi connectivity index (χ1n) is 9.27. The smallest absolute Gasteiger partial charge is 0.227 e. The molecule has 22 heavy (non-hydrogen) atoms. The predicted octanol–water partition coefficient (Wildman–Crippen LogP) is 3.28. The van der Waals surface area contributed by atoms with Gasteiger partial charge in [-0.05, 0) is 67.1 Å². The summed E-state index contributed by atoms with van der Waals surface area (Å²) in [6, 6.07) is 0. The van der Waals surface area contributed by atoms with Gasteiger partial charge >= 0.3 is 0 Å². The maximum atomic E-state index is 12.2. The number of rotatable bonds is 0. The van der Waals surface area contributed by atoms with Crippen LogP contribution in [-0.4, -0.2) is 21.8 Å². The Labute approximate surface area is 133 Å². The number of aliphatic hydroxyl groups is 2. The van der Waals surface area contributed by atoms with Gasteiger partial charge in [-0.3, -0.25) is 4.79 Å². The van der Waals surface area contributed by atoms with Crippen molar-refractivity contribution in [3.05, 3.63) is 0 Å².